The average Bonchev–Trinajstić information content (AvgIpc) is 2.80. The van der Waals surface area contributed by atoms with Crippen LogP contribution in [0.15, 0.2) is 0 Å². The van der Waals surface area contributed by atoms with Crippen molar-refractivity contribution >= 4 is 0 Å². The van der Waals surface area contributed by atoms with E-state index in [0.717, 1.165) is 12.8 Å². The van der Waals surface area contributed by atoms with Crippen molar-refractivity contribution in [1.29, 1.82) is 0 Å². The van der Waals surface area contributed by atoms with Crippen LogP contribution in [0.1, 0.15) is 168 Å². The highest BCUT2D eigenvalue weighted by molar-refractivity contribution is 4.81. The summed E-state index contributed by atoms with van der Waals surface area (Å²) in [6, 6.07) is 0.499. The molecule has 194 valence electrons. The average molecular weight is 455 g/mol. The Labute approximate surface area is 202 Å². The van der Waals surface area contributed by atoms with Gasteiger partial charge in [-0.1, -0.05) is 142 Å². The van der Waals surface area contributed by atoms with Crippen LogP contribution in [0.3, 0.4) is 0 Å². The lowest BCUT2D eigenvalue weighted by Crippen LogP contribution is -2.42. The van der Waals surface area contributed by atoms with E-state index in [0.29, 0.717) is 6.04 Å². The van der Waals surface area contributed by atoms with Crippen molar-refractivity contribution in [2.45, 2.75) is 180 Å². The van der Waals surface area contributed by atoms with Crippen LogP contribution in [0.5, 0.6) is 0 Å². The third-order valence-electron chi connectivity index (χ3n) is 7.45. The maximum atomic E-state index is 9.22. The molecule has 0 bridgehead atoms. The van der Waals surface area contributed by atoms with Gasteiger partial charge in [0.25, 0.3) is 0 Å². The Balaban J connectivity index is 0.000000641. The van der Waals surface area contributed by atoms with Crippen LogP contribution < -0.4 is 11.5 Å². The molecule has 3 heteroatoms. The summed E-state index contributed by atoms with van der Waals surface area (Å²) in [5, 5.41) is 9.22. The molecule has 0 spiro atoms. The molecular formula is C29H62N2O. The number of aliphatic hydroxyl groups excluding tert-OH is 1. The Bertz CT molecular complexity index is 345. The van der Waals surface area contributed by atoms with Crippen LogP contribution in [0.4, 0.5) is 0 Å². The number of rotatable bonds is 14. The molecule has 0 aromatic rings. The predicted octanol–water partition coefficient (Wildman–Crippen LogP) is 8.41. The van der Waals surface area contributed by atoms with E-state index in [2.05, 4.69) is 13.8 Å². The molecule has 0 radical (unpaired) electrons. The Hall–Kier alpha value is -0.120. The maximum absolute atomic E-state index is 9.22. The van der Waals surface area contributed by atoms with Gasteiger partial charge in [0.15, 0.2) is 0 Å². The minimum absolute atomic E-state index is 0.126. The molecular weight excluding hydrogens is 392 g/mol. The van der Waals surface area contributed by atoms with Crippen molar-refractivity contribution < 1.29 is 5.11 Å². The van der Waals surface area contributed by atoms with Gasteiger partial charge in [-0.3, -0.25) is 0 Å². The fraction of sp³-hybridized carbons (Fsp3) is 1.00. The molecule has 0 saturated heterocycles. The first-order chi connectivity index (χ1) is 15.6. The van der Waals surface area contributed by atoms with E-state index in [1.54, 1.807) is 0 Å². The molecule has 1 saturated carbocycles. The number of hydrogen-bond acceptors (Lipinski definition) is 3. The zero-order valence-electron chi connectivity index (χ0n) is 22.4. The van der Waals surface area contributed by atoms with Gasteiger partial charge in [-0.2, -0.15) is 0 Å². The van der Waals surface area contributed by atoms with Gasteiger partial charge in [-0.25, -0.2) is 0 Å². The van der Waals surface area contributed by atoms with Crippen LogP contribution in [0.2, 0.25) is 0 Å². The predicted molar refractivity (Wildman–Crippen MR) is 144 cm³/mol. The van der Waals surface area contributed by atoms with Gasteiger partial charge < -0.3 is 16.6 Å². The molecule has 1 aliphatic rings. The summed E-state index contributed by atoms with van der Waals surface area (Å²) in [6.07, 6.45) is 32.1. The van der Waals surface area contributed by atoms with E-state index in [1.807, 2.05) is 0 Å². The van der Waals surface area contributed by atoms with Crippen molar-refractivity contribution in [3.8, 4) is 0 Å². The second-order valence-electron chi connectivity index (χ2n) is 10.7. The Morgan fingerprint density at radius 3 is 1.38 bits per heavy atom. The molecule has 0 heterocycles. The zero-order valence-corrected chi connectivity index (χ0v) is 22.4. The van der Waals surface area contributed by atoms with Crippen LogP contribution in [0, 0.1) is 0 Å². The molecule has 0 aromatic carbocycles. The van der Waals surface area contributed by atoms with Crippen molar-refractivity contribution in [3.63, 3.8) is 0 Å². The van der Waals surface area contributed by atoms with Gasteiger partial charge in [-0.05, 0) is 25.7 Å². The molecule has 1 fully saturated rings. The van der Waals surface area contributed by atoms with Crippen molar-refractivity contribution in [2.24, 2.45) is 11.5 Å². The Kier molecular flexibility index (Phi) is 23.9. The van der Waals surface area contributed by atoms with Gasteiger partial charge in [0, 0.05) is 11.6 Å². The lowest BCUT2D eigenvalue weighted by atomic mass is 9.91. The molecule has 1 aliphatic carbocycles. The van der Waals surface area contributed by atoms with Gasteiger partial charge in [-0.15, -0.1) is 0 Å². The molecule has 32 heavy (non-hydrogen) atoms. The first kappa shape index (κ1) is 31.9. The monoisotopic (exact) mass is 454 g/mol. The summed E-state index contributed by atoms with van der Waals surface area (Å²) in [4.78, 5) is 0. The fourth-order valence-corrected chi connectivity index (χ4v) is 4.70. The van der Waals surface area contributed by atoms with Crippen LogP contribution in [-0.2, 0) is 0 Å². The molecule has 0 aromatic heterocycles. The van der Waals surface area contributed by atoms with E-state index in [4.69, 9.17) is 11.5 Å². The number of hydrogen-bond donors (Lipinski definition) is 3. The van der Waals surface area contributed by atoms with E-state index >= 15 is 0 Å². The lowest BCUT2D eigenvalue weighted by molar-refractivity contribution is 0.179. The highest BCUT2D eigenvalue weighted by Crippen LogP contribution is 2.18. The van der Waals surface area contributed by atoms with Crippen molar-refractivity contribution in [1.82, 2.24) is 0 Å². The zero-order chi connectivity index (χ0) is 23.8. The topological polar surface area (TPSA) is 72.3 Å². The maximum Gasteiger partial charge on any atom is 0.0611 e. The Morgan fingerprint density at radius 2 is 1.00 bits per heavy atom. The van der Waals surface area contributed by atoms with Crippen LogP contribution in [-0.4, -0.2) is 23.3 Å². The number of unbranched alkanes of at least 4 members (excludes halogenated alkanes) is 10. The first-order valence-electron chi connectivity index (χ1n) is 14.7. The summed E-state index contributed by atoms with van der Waals surface area (Å²) in [5.74, 6) is 0. The fourth-order valence-electron chi connectivity index (χ4n) is 4.70. The summed E-state index contributed by atoms with van der Waals surface area (Å²) in [6.45, 7) is 4.46. The molecule has 1 unspecified atom stereocenters. The van der Waals surface area contributed by atoms with Crippen LogP contribution >= 0.6 is 0 Å². The van der Waals surface area contributed by atoms with Gasteiger partial charge in [0.05, 0.1) is 6.61 Å². The lowest BCUT2D eigenvalue weighted by Gasteiger charge is -2.25. The number of aliphatic hydroxyl groups is 1. The summed E-state index contributed by atoms with van der Waals surface area (Å²) < 4.78 is 0. The third kappa shape index (κ3) is 21.7. The van der Waals surface area contributed by atoms with E-state index in [9.17, 15) is 5.11 Å². The normalized spacial score (nSPS) is 18.7. The minimum Gasteiger partial charge on any atom is -0.394 e. The van der Waals surface area contributed by atoms with Crippen molar-refractivity contribution in [3.05, 3.63) is 0 Å². The molecule has 1 rings (SSSR count). The largest absolute Gasteiger partial charge is 0.394 e. The van der Waals surface area contributed by atoms with E-state index < -0.39 is 0 Å². The Morgan fingerprint density at radius 1 is 0.625 bits per heavy atom. The molecule has 5 N–H and O–H groups in total. The molecule has 3 nitrogen and oxygen atoms in total. The number of nitrogens with two attached hydrogens (primary N) is 2. The second-order valence-corrected chi connectivity index (χ2v) is 10.7. The smallest absolute Gasteiger partial charge is 0.0611 e. The van der Waals surface area contributed by atoms with Crippen LogP contribution in [0.25, 0.3) is 0 Å². The van der Waals surface area contributed by atoms with Gasteiger partial charge >= 0.3 is 0 Å². The quantitative estimate of drug-likeness (QED) is 0.231. The van der Waals surface area contributed by atoms with Crippen molar-refractivity contribution in [2.75, 3.05) is 6.61 Å². The molecule has 0 amide bonds. The highest BCUT2D eigenvalue weighted by Gasteiger charge is 2.20. The third-order valence-corrected chi connectivity index (χ3v) is 7.45. The minimum atomic E-state index is -0.320. The summed E-state index contributed by atoms with van der Waals surface area (Å²) >= 11 is 0. The summed E-state index contributed by atoms with van der Waals surface area (Å²) in [5.41, 5.74) is 11.8. The van der Waals surface area contributed by atoms with E-state index in [1.165, 1.54) is 141 Å². The van der Waals surface area contributed by atoms with E-state index in [-0.39, 0.29) is 12.1 Å². The van der Waals surface area contributed by atoms with Gasteiger partial charge in [0.2, 0.25) is 0 Å². The summed E-state index contributed by atoms with van der Waals surface area (Å²) in [7, 11) is 0. The SMILES string of the molecule is CCCCCCCCCCCCCC(N)(CC)CO.NC1CCCCCCCCCCC1. The first-order valence-corrected chi connectivity index (χ1v) is 14.7. The highest BCUT2D eigenvalue weighted by atomic mass is 16.3. The molecule has 0 aliphatic heterocycles. The standard InChI is InChI=1S/C17H37NO.C12H25N/c1-3-5-6-7-8-9-10-11-12-13-14-15-17(18,4-2)16-19;13-12-10-8-6-4-2-1-3-5-7-9-11-12/h19H,3-16,18H2,1-2H3;12H,1-11,13H2. The molecule has 1 atom stereocenters. The van der Waals surface area contributed by atoms with Gasteiger partial charge in [0.1, 0.15) is 0 Å². The second kappa shape index (κ2) is 24.0.